The maximum absolute atomic E-state index is 13.2. The molecule has 1 aliphatic rings. The van der Waals surface area contributed by atoms with E-state index in [0.29, 0.717) is 29.3 Å². The molecule has 1 aliphatic carbocycles. The minimum absolute atomic E-state index is 0.00505. The zero-order chi connectivity index (χ0) is 28.8. The molecule has 0 unspecified atom stereocenters. The normalized spacial score (nSPS) is 19.2. The summed E-state index contributed by atoms with van der Waals surface area (Å²) in [5, 5.41) is 6.77. The summed E-state index contributed by atoms with van der Waals surface area (Å²) in [7, 11) is 4.29. The van der Waals surface area contributed by atoms with Crippen molar-refractivity contribution in [2.75, 3.05) is 20.6 Å². The van der Waals surface area contributed by atoms with Crippen LogP contribution < -0.4 is 15.4 Å². The molecule has 2 amide bonds. The third-order valence-electron chi connectivity index (χ3n) is 7.96. The second-order valence-electron chi connectivity index (χ2n) is 11.3. The first kappa shape index (κ1) is 29.6. The van der Waals surface area contributed by atoms with Gasteiger partial charge in [0.2, 0.25) is 0 Å². The predicted molar refractivity (Wildman–Crippen MR) is 161 cm³/mol. The molecule has 3 aromatic rings. The number of carbonyl (C=O) groups is 2. The molecule has 40 heavy (non-hydrogen) atoms. The fraction of sp³-hybridized carbons (Fsp3) is 0.394. The van der Waals surface area contributed by atoms with Crippen LogP contribution in [0.3, 0.4) is 0 Å². The van der Waals surface area contributed by atoms with Gasteiger partial charge >= 0.3 is 0 Å². The number of rotatable bonds is 10. The van der Waals surface area contributed by atoms with Crippen LogP contribution in [0.5, 0.6) is 5.75 Å². The van der Waals surface area contributed by atoms with Gasteiger partial charge in [-0.15, -0.1) is 0 Å². The van der Waals surface area contributed by atoms with E-state index in [1.807, 2.05) is 24.3 Å². The highest BCUT2D eigenvalue weighted by Crippen LogP contribution is 2.41. The number of hydrogen-bond donors (Lipinski definition) is 2. The van der Waals surface area contributed by atoms with Crippen molar-refractivity contribution >= 4 is 23.4 Å². The largest absolute Gasteiger partial charge is 0.478 e. The van der Waals surface area contributed by atoms with Gasteiger partial charge in [-0.25, -0.2) is 0 Å². The van der Waals surface area contributed by atoms with E-state index in [2.05, 4.69) is 60.0 Å². The molecule has 4 rings (SSSR count). The van der Waals surface area contributed by atoms with E-state index in [-0.39, 0.29) is 23.4 Å². The van der Waals surface area contributed by atoms with Crippen LogP contribution in [0.2, 0.25) is 5.02 Å². The lowest BCUT2D eigenvalue weighted by atomic mass is 9.74. The maximum atomic E-state index is 13.2. The monoisotopic (exact) mass is 561 g/mol. The molecule has 0 saturated heterocycles. The lowest BCUT2D eigenvalue weighted by Gasteiger charge is -2.46. The average molecular weight is 562 g/mol. The number of amides is 2. The quantitative estimate of drug-likeness (QED) is 0.319. The fourth-order valence-electron chi connectivity index (χ4n) is 5.43. The Kier molecular flexibility index (Phi) is 9.54. The molecule has 7 heteroatoms. The van der Waals surface area contributed by atoms with Crippen LogP contribution in [0.25, 0.3) is 0 Å². The highest BCUT2D eigenvalue weighted by Gasteiger charge is 2.40. The topological polar surface area (TPSA) is 70.7 Å². The second-order valence-corrected chi connectivity index (χ2v) is 11.7. The van der Waals surface area contributed by atoms with Gasteiger partial charge in [0.05, 0.1) is 0 Å². The number of hydrogen-bond acceptors (Lipinski definition) is 4. The standard InChI is InChI=1S/C33H40ClN3O3/c1-32(2,31(39)36-28-18-21-33(22-19-28,37(3)4)26-8-6-5-7-9-26)40-29-16-10-24(11-17-29)20-23-35-30(38)25-12-14-27(34)15-13-25/h5-17,28H,18-23H2,1-4H3,(H,35,38)(H,36,39). The van der Waals surface area contributed by atoms with Crippen LogP contribution in [0, 0.1) is 0 Å². The van der Waals surface area contributed by atoms with E-state index in [1.54, 1.807) is 38.1 Å². The number of benzene rings is 3. The molecule has 0 bridgehead atoms. The van der Waals surface area contributed by atoms with Crippen molar-refractivity contribution in [3.05, 3.63) is 101 Å². The van der Waals surface area contributed by atoms with Gasteiger partial charge in [0.1, 0.15) is 5.75 Å². The molecule has 0 aliphatic heterocycles. The minimum Gasteiger partial charge on any atom is -0.478 e. The van der Waals surface area contributed by atoms with E-state index in [1.165, 1.54) is 5.56 Å². The Hall–Kier alpha value is -3.35. The van der Waals surface area contributed by atoms with Crippen LogP contribution in [0.4, 0.5) is 0 Å². The number of halogens is 1. The van der Waals surface area contributed by atoms with Crippen LogP contribution in [-0.2, 0) is 16.8 Å². The third kappa shape index (κ3) is 7.23. The summed E-state index contributed by atoms with van der Waals surface area (Å²) in [6.07, 6.45) is 4.48. The summed E-state index contributed by atoms with van der Waals surface area (Å²) in [5.74, 6) is 0.395. The highest BCUT2D eigenvalue weighted by atomic mass is 35.5. The Morgan fingerprint density at radius 1 is 0.950 bits per heavy atom. The number of nitrogens with zero attached hydrogens (tertiary/aromatic N) is 1. The Morgan fingerprint density at radius 2 is 1.57 bits per heavy atom. The molecule has 1 saturated carbocycles. The van der Waals surface area contributed by atoms with Crippen molar-refractivity contribution in [2.24, 2.45) is 0 Å². The van der Waals surface area contributed by atoms with E-state index in [0.717, 1.165) is 31.2 Å². The van der Waals surface area contributed by atoms with Gasteiger partial charge in [-0.3, -0.25) is 14.5 Å². The van der Waals surface area contributed by atoms with Gasteiger partial charge in [0.15, 0.2) is 5.60 Å². The molecule has 0 atom stereocenters. The molecule has 212 valence electrons. The molecule has 0 aromatic heterocycles. The van der Waals surface area contributed by atoms with Crippen LogP contribution in [-0.4, -0.2) is 49.0 Å². The van der Waals surface area contributed by atoms with Crippen LogP contribution in [0.1, 0.15) is 61.0 Å². The molecular weight excluding hydrogens is 522 g/mol. The zero-order valence-electron chi connectivity index (χ0n) is 23.9. The van der Waals surface area contributed by atoms with Crippen LogP contribution >= 0.6 is 11.6 Å². The minimum atomic E-state index is -1.01. The first-order chi connectivity index (χ1) is 19.1. The number of nitrogens with one attached hydrogen (secondary N) is 2. The van der Waals surface area contributed by atoms with Crippen molar-refractivity contribution in [3.8, 4) is 5.75 Å². The van der Waals surface area contributed by atoms with Gasteiger partial charge in [0.25, 0.3) is 11.8 Å². The van der Waals surface area contributed by atoms with E-state index < -0.39 is 5.60 Å². The SMILES string of the molecule is CN(C)C1(c2ccccc2)CCC(NC(=O)C(C)(C)Oc2ccc(CCNC(=O)c3ccc(Cl)cc3)cc2)CC1. The van der Waals surface area contributed by atoms with Crippen molar-refractivity contribution in [2.45, 2.75) is 63.1 Å². The Balaban J connectivity index is 1.25. The maximum Gasteiger partial charge on any atom is 0.263 e. The molecular formula is C33H40ClN3O3. The van der Waals surface area contributed by atoms with E-state index in [4.69, 9.17) is 16.3 Å². The first-order valence-corrected chi connectivity index (χ1v) is 14.3. The van der Waals surface area contributed by atoms with Gasteiger partial charge in [-0.2, -0.15) is 0 Å². The summed E-state index contributed by atoms with van der Waals surface area (Å²) in [5.41, 5.74) is 1.96. The lowest BCUT2D eigenvalue weighted by molar-refractivity contribution is -0.135. The summed E-state index contributed by atoms with van der Waals surface area (Å²) in [6, 6.07) is 25.3. The molecule has 0 spiro atoms. The smallest absolute Gasteiger partial charge is 0.263 e. The Bertz CT molecular complexity index is 1270. The Labute approximate surface area is 243 Å². The van der Waals surface area contributed by atoms with Gasteiger partial charge in [0, 0.05) is 28.7 Å². The molecule has 0 heterocycles. The predicted octanol–water partition coefficient (Wildman–Crippen LogP) is 5.99. The molecule has 3 aromatic carbocycles. The summed E-state index contributed by atoms with van der Waals surface area (Å²) < 4.78 is 6.12. The second kappa shape index (κ2) is 12.9. The summed E-state index contributed by atoms with van der Waals surface area (Å²) >= 11 is 5.89. The molecule has 0 radical (unpaired) electrons. The fourth-order valence-corrected chi connectivity index (χ4v) is 5.56. The van der Waals surface area contributed by atoms with E-state index >= 15 is 0 Å². The van der Waals surface area contributed by atoms with Gasteiger partial charge in [-0.05, 0) is 108 Å². The van der Waals surface area contributed by atoms with Crippen LogP contribution in [0.15, 0.2) is 78.9 Å². The van der Waals surface area contributed by atoms with Gasteiger partial charge < -0.3 is 15.4 Å². The zero-order valence-corrected chi connectivity index (χ0v) is 24.6. The molecule has 2 N–H and O–H groups in total. The van der Waals surface area contributed by atoms with Gasteiger partial charge in [-0.1, -0.05) is 54.1 Å². The van der Waals surface area contributed by atoms with Crippen molar-refractivity contribution in [3.63, 3.8) is 0 Å². The van der Waals surface area contributed by atoms with Crippen molar-refractivity contribution in [1.29, 1.82) is 0 Å². The third-order valence-corrected chi connectivity index (χ3v) is 8.22. The Morgan fingerprint density at radius 3 is 2.17 bits per heavy atom. The van der Waals surface area contributed by atoms with Crippen molar-refractivity contribution in [1.82, 2.24) is 15.5 Å². The average Bonchev–Trinajstić information content (AvgIpc) is 2.95. The summed E-state index contributed by atoms with van der Waals surface area (Å²) in [6.45, 7) is 4.12. The summed E-state index contributed by atoms with van der Waals surface area (Å²) in [4.78, 5) is 27.8. The number of ether oxygens (including phenoxy) is 1. The molecule has 6 nitrogen and oxygen atoms in total. The van der Waals surface area contributed by atoms with Crippen molar-refractivity contribution < 1.29 is 14.3 Å². The number of carbonyl (C=O) groups excluding carboxylic acids is 2. The lowest BCUT2D eigenvalue weighted by Crippen LogP contribution is -2.53. The van der Waals surface area contributed by atoms with E-state index in [9.17, 15) is 9.59 Å². The first-order valence-electron chi connectivity index (χ1n) is 13.9. The molecule has 1 fully saturated rings. The highest BCUT2D eigenvalue weighted by molar-refractivity contribution is 6.30.